The number of ketones is 1. The van der Waals surface area contributed by atoms with Crippen molar-refractivity contribution in [3.05, 3.63) is 82.8 Å². The van der Waals surface area contributed by atoms with Crippen molar-refractivity contribution in [3.8, 4) is 0 Å². The first-order chi connectivity index (χ1) is 20.8. The normalized spacial score (nSPS) is 39.2. The van der Waals surface area contributed by atoms with E-state index in [1.165, 1.54) is 37.5 Å². The number of carbonyl (C=O) groups is 3. The maximum atomic E-state index is 17.7. The SMILES string of the molecule is C[C@@H]1CC2C3C[C@H](F)C4=CC(=O)C=C[C@]4(C)[C@@]3(F)[C@@H](O)C[C@]2(C)[C@@]1(OC(=O)c1ccco1)C(=O)SOCc1ccc(Cl)cc1. The van der Waals surface area contributed by atoms with Crippen molar-refractivity contribution in [2.24, 2.45) is 28.6 Å². The van der Waals surface area contributed by atoms with Crippen LogP contribution < -0.4 is 0 Å². The van der Waals surface area contributed by atoms with Gasteiger partial charge in [0.1, 0.15) is 6.17 Å². The summed E-state index contributed by atoms with van der Waals surface area (Å²) in [7, 11) is 0. The fraction of sp³-hybridized carbons (Fsp3) is 0.485. The number of hydrogen-bond acceptors (Lipinski definition) is 8. The third-order valence-corrected chi connectivity index (χ3v) is 11.7. The Hall–Kier alpha value is -2.79. The van der Waals surface area contributed by atoms with E-state index in [1.54, 1.807) is 38.1 Å². The summed E-state index contributed by atoms with van der Waals surface area (Å²) in [5.41, 5.74) is -6.35. The van der Waals surface area contributed by atoms with Gasteiger partial charge >= 0.3 is 5.97 Å². The third-order valence-electron chi connectivity index (χ3n) is 10.7. The van der Waals surface area contributed by atoms with E-state index < -0.39 is 69.0 Å². The van der Waals surface area contributed by atoms with E-state index in [4.69, 9.17) is 24.9 Å². The second-order valence-electron chi connectivity index (χ2n) is 12.9. The highest BCUT2D eigenvalue weighted by atomic mass is 35.5. The lowest BCUT2D eigenvalue weighted by molar-refractivity contribution is -0.221. The largest absolute Gasteiger partial charge is 0.457 e. The molecule has 0 spiro atoms. The van der Waals surface area contributed by atoms with Gasteiger partial charge in [-0.05, 0) is 79.7 Å². The number of halogens is 3. The Balaban J connectivity index is 1.39. The molecule has 9 atom stereocenters. The van der Waals surface area contributed by atoms with Crippen LogP contribution in [0.1, 0.15) is 56.2 Å². The van der Waals surface area contributed by atoms with Gasteiger partial charge in [0.25, 0.3) is 5.12 Å². The number of benzene rings is 1. The monoisotopic (exact) mass is 646 g/mol. The summed E-state index contributed by atoms with van der Waals surface area (Å²) in [5.74, 6) is -3.82. The lowest BCUT2D eigenvalue weighted by Gasteiger charge is -2.63. The number of fused-ring (bicyclic) bond motifs is 5. The molecular formula is C33H33ClF2O7S. The third kappa shape index (κ3) is 4.39. The van der Waals surface area contributed by atoms with E-state index in [2.05, 4.69) is 0 Å². The molecule has 0 radical (unpaired) electrons. The zero-order valence-corrected chi connectivity index (χ0v) is 26.0. The molecule has 234 valence electrons. The molecule has 2 unspecified atom stereocenters. The van der Waals surface area contributed by atoms with Gasteiger partial charge < -0.3 is 18.4 Å². The molecule has 0 saturated heterocycles. The smallest absolute Gasteiger partial charge is 0.375 e. The number of ether oxygens (including phenoxy) is 1. The number of esters is 1. The van der Waals surface area contributed by atoms with Gasteiger partial charge in [0, 0.05) is 27.7 Å². The standard InChI is InChI=1S/C33H33ClF2O7S/c1-18-13-22-23-15-25(35)24-14-21(37)10-11-30(24,2)32(23,36)27(38)16-31(22,3)33(18,43-28(39)26-5-4-12-41-26)29(40)44-42-17-19-6-8-20(34)9-7-19/h4-12,14,18,22-23,25,27,38H,13,15-17H2,1-3H3/t18-,22?,23?,25+,27+,30+,31+,32+,33+/m1/s1. The number of aliphatic hydroxyl groups excluding tert-OH is 1. The molecule has 0 aliphatic heterocycles. The van der Waals surface area contributed by atoms with E-state index in [0.717, 1.165) is 11.6 Å². The fourth-order valence-corrected chi connectivity index (χ4v) is 9.63. The molecule has 0 bridgehead atoms. The van der Waals surface area contributed by atoms with Crippen LogP contribution >= 0.6 is 23.6 Å². The van der Waals surface area contributed by atoms with E-state index in [-0.39, 0.29) is 37.2 Å². The van der Waals surface area contributed by atoms with Gasteiger partial charge in [0.2, 0.25) is 5.76 Å². The van der Waals surface area contributed by atoms with Crippen LogP contribution in [0.25, 0.3) is 0 Å². The van der Waals surface area contributed by atoms with Crippen molar-refractivity contribution in [2.45, 2.75) is 70.2 Å². The number of furan rings is 1. The molecule has 6 rings (SSSR count). The second kappa shape index (κ2) is 10.9. The number of allylic oxidation sites excluding steroid dienone is 4. The Labute approximate surface area is 263 Å². The maximum absolute atomic E-state index is 17.7. The number of carbonyl (C=O) groups excluding carboxylic acids is 3. The number of hydrogen-bond donors (Lipinski definition) is 1. The van der Waals surface area contributed by atoms with E-state index in [1.807, 2.05) is 0 Å². The Morgan fingerprint density at radius 3 is 2.57 bits per heavy atom. The van der Waals surface area contributed by atoms with Gasteiger partial charge in [0.15, 0.2) is 17.1 Å². The van der Waals surface area contributed by atoms with Gasteiger partial charge in [-0.1, -0.05) is 43.7 Å². The van der Waals surface area contributed by atoms with Crippen molar-refractivity contribution in [2.75, 3.05) is 0 Å². The Morgan fingerprint density at radius 2 is 1.89 bits per heavy atom. The summed E-state index contributed by atoms with van der Waals surface area (Å²) in [4.78, 5) is 39.9. The van der Waals surface area contributed by atoms with Crippen LogP contribution in [-0.2, 0) is 25.1 Å². The molecule has 2 aromatic rings. The first-order valence-corrected chi connectivity index (χ1v) is 15.7. The van der Waals surface area contributed by atoms with Crippen LogP contribution in [0.2, 0.25) is 5.02 Å². The average molecular weight is 647 g/mol. The maximum Gasteiger partial charge on any atom is 0.375 e. The molecule has 4 aliphatic rings. The lowest BCUT2D eigenvalue weighted by Crippen LogP contribution is -2.70. The predicted molar refractivity (Wildman–Crippen MR) is 159 cm³/mol. The minimum absolute atomic E-state index is 0.00944. The molecule has 3 saturated carbocycles. The minimum atomic E-state index is -2.34. The van der Waals surface area contributed by atoms with Crippen molar-refractivity contribution < 1.29 is 41.6 Å². The van der Waals surface area contributed by atoms with Crippen LogP contribution in [0.4, 0.5) is 8.78 Å². The van der Waals surface area contributed by atoms with Gasteiger partial charge in [-0.15, -0.1) is 0 Å². The van der Waals surface area contributed by atoms with Crippen molar-refractivity contribution >= 4 is 40.5 Å². The second-order valence-corrected chi connectivity index (χ2v) is 14.1. The zero-order chi connectivity index (χ0) is 31.7. The number of rotatable bonds is 6. The van der Waals surface area contributed by atoms with Gasteiger partial charge in [-0.3, -0.25) is 9.59 Å². The Kier molecular flexibility index (Phi) is 7.75. The summed E-state index contributed by atoms with van der Waals surface area (Å²) in [5, 5.41) is 11.7. The van der Waals surface area contributed by atoms with Gasteiger partial charge in [-0.25, -0.2) is 13.6 Å². The quantitative estimate of drug-likeness (QED) is 0.271. The number of alkyl halides is 2. The summed E-state index contributed by atoms with van der Waals surface area (Å²) in [6.07, 6.45) is 1.37. The highest BCUT2D eigenvalue weighted by molar-refractivity contribution is 8.09. The topological polar surface area (TPSA) is 103 Å². The Bertz CT molecular complexity index is 1540. The van der Waals surface area contributed by atoms with Gasteiger partial charge in [-0.2, -0.15) is 0 Å². The van der Waals surface area contributed by atoms with Crippen LogP contribution in [0.5, 0.6) is 0 Å². The van der Waals surface area contributed by atoms with E-state index in [9.17, 15) is 19.5 Å². The molecule has 1 aromatic carbocycles. The lowest BCUT2D eigenvalue weighted by atomic mass is 9.44. The molecule has 44 heavy (non-hydrogen) atoms. The highest BCUT2D eigenvalue weighted by Gasteiger charge is 2.78. The average Bonchev–Trinajstić information content (AvgIpc) is 3.59. The zero-order valence-electron chi connectivity index (χ0n) is 24.4. The molecule has 1 heterocycles. The first-order valence-electron chi connectivity index (χ1n) is 14.6. The summed E-state index contributed by atoms with van der Waals surface area (Å²) < 4.78 is 50.7. The molecule has 1 N–H and O–H groups in total. The van der Waals surface area contributed by atoms with Crippen LogP contribution in [0.3, 0.4) is 0 Å². The summed E-state index contributed by atoms with van der Waals surface area (Å²) >= 11 is 6.50. The fourth-order valence-electron chi connectivity index (χ4n) is 8.60. The minimum Gasteiger partial charge on any atom is -0.457 e. The van der Waals surface area contributed by atoms with Crippen LogP contribution in [0, 0.1) is 28.6 Å². The van der Waals surface area contributed by atoms with E-state index in [0.29, 0.717) is 17.1 Å². The molecule has 0 amide bonds. The summed E-state index contributed by atoms with van der Waals surface area (Å²) in [6.45, 7) is 5.01. The molecule has 7 nitrogen and oxygen atoms in total. The van der Waals surface area contributed by atoms with Gasteiger partial charge in [0.05, 0.1) is 31.0 Å². The van der Waals surface area contributed by atoms with Crippen molar-refractivity contribution in [1.82, 2.24) is 0 Å². The van der Waals surface area contributed by atoms with Crippen LogP contribution in [-0.4, -0.2) is 45.5 Å². The van der Waals surface area contributed by atoms with E-state index >= 15 is 8.78 Å². The van der Waals surface area contributed by atoms with Crippen LogP contribution in [0.15, 0.2) is 70.9 Å². The molecule has 3 fully saturated rings. The molecule has 1 aromatic heterocycles. The summed E-state index contributed by atoms with van der Waals surface area (Å²) in [6, 6.07) is 9.81. The molecule has 11 heteroatoms. The highest BCUT2D eigenvalue weighted by Crippen LogP contribution is 2.72. The molecular weight excluding hydrogens is 614 g/mol. The number of aliphatic hydroxyl groups is 1. The van der Waals surface area contributed by atoms with Crippen molar-refractivity contribution in [1.29, 1.82) is 0 Å². The Morgan fingerprint density at radius 1 is 1.16 bits per heavy atom. The predicted octanol–water partition coefficient (Wildman–Crippen LogP) is 6.79. The van der Waals surface area contributed by atoms with Crippen molar-refractivity contribution in [3.63, 3.8) is 0 Å². The molecule has 4 aliphatic carbocycles. The first kappa shape index (κ1) is 31.2.